The van der Waals surface area contributed by atoms with E-state index >= 15 is 0 Å². The SMILES string of the molecule is Oc1c(F)cc(-c2c(F)cc(C3CCC(CF)CC3)cc2F)cc1F.[Y]. The van der Waals surface area contributed by atoms with Crippen molar-refractivity contribution in [1.29, 1.82) is 0 Å². The van der Waals surface area contributed by atoms with Crippen molar-refractivity contribution in [3.8, 4) is 16.9 Å². The summed E-state index contributed by atoms with van der Waals surface area (Å²) in [6, 6.07) is 3.71. The van der Waals surface area contributed by atoms with Crippen LogP contribution in [0.15, 0.2) is 24.3 Å². The van der Waals surface area contributed by atoms with Crippen molar-refractivity contribution in [3.05, 3.63) is 53.1 Å². The smallest absolute Gasteiger partial charge is 0.187 e. The number of phenolic OH excluding ortho intramolecular Hbond substituents is 1. The first-order valence-electron chi connectivity index (χ1n) is 8.14. The van der Waals surface area contributed by atoms with Crippen LogP contribution in [0.4, 0.5) is 22.0 Å². The van der Waals surface area contributed by atoms with E-state index < -0.39 is 34.6 Å². The first kappa shape index (κ1) is 21.3. The topological polar surface area (TPSA) is 20.2 Å². The summed E-state index contributed by atoms with van der Waals surface area (Å²) in [5.41, 5.74) is -0.398. The summed E-state index contributed by atoms with van der Waals surface area (Å²) < 4.78 is 68.5. The molecule has 2 aromatic carbocycles. The van der Waals surface area contributed by atoms with Gasteiger partial charge >= 0.3 is 0 Å². The fourth-order valence-electron chi connectivity index (χ4n) is 3.46. The first-order valence-corrected chi connectivity index (χ1v) is 8.14. The average molecular weight is 445 g/mol. The second kappa shape index (κ2) is 8.79. The molecule has 0 unspecified atom stereocenters. The van der Waals surface area contributed by atoms with E-state index in [0.29, 0.717) is 43.4 Å². The maximum atomic E-state index is 14.5. The summed E-state index contributed by atoms with van der Waals surface area (Å²) in [7, 11) is 0. The molecule has 0 amide bonds. The minimum absolute atomic E-state index is 0. The number of hydrogen-bond acceptors (Lipinski definition) is 1. The Balaban J connectivity index is 0.00000243. The maximum absolute atomic E-state index is 14.5. The zero-order chi connectivity index (χ0) is 18.1. The molecular weight excluding hydrogens is 428 g/mol. The molecule has 0 spiro atoms. The van der Waals surface area contributed by atoms with E-state index in [2.05, 4.69) is 0 Å². The molecule has 0 aromatic heterocycles. The van der Waals surface area contributed by atoms with Crippen molar-refractivity contribution in [3.63, 3.8) is 0 Å². The van der Waals surface area contributed by atoms with Gasteiger partial charge in [-0.25, -0.2) is 17.6 Å². The Kier molecular flexibility index (Phi) is 7.20. The van der Waals surface area contributed by atoms with E-state index in [1.54, 1.807) is 0 Å². The molecule has 1 aliphatic carbocycles. The Bertz CT molecular complexity index is 741. The number of aromatic hydroxyl groups is 1. The van der Waals surface area contributed by atoms with E-state index in [1.807, 2.05) is 0 Å². The second-order valence-electron chi connectivity index (χ2n) is 6.52. The first-order chi connectivity index (χ1) is 11.9. The summed E-state index contributed by atoms with van der Waals surface area (Å²) in [6.45, 7) is -0.383. The third-order valence-corrected chi connectivity index (χ3v) is 4.91. The van der Waals surface area contributed by atoms with Crippen molar-refractivity contribution < 1.29 is 59.8 Å². The Labute approximate surface area is 173 Å². The average Bonchev–Trinajstić information content (AvgIpc) is 2.59. The maximum Gasteiger partial charge on any atom is 0.187 e. The monoisotopic (exact) mass is 445 g/mol. The molecular formula is C19H17F5OY. The molecule has 1 saturated carbocycles. The van der Waals surface area contributed by atoms with Gasteiger partial charge in [0, 0.05) is 32.7 Å². The Hall–Kier alpha value is -1.01. The third kappa shape index (κ3) is 4.28. The molecule has 26 heavy (non-hydrogen) atoms. The third-order valence-electron chi connectivity index (χ3n) is 4.91. The Morgan fingerprint density at radius 3 is 1.77 bits per heavy atom. The van der Waals surface area contributed by atoms with Gasteiger partial charge in [-0.2, -0.15) is 0 Å². The number of phenols is 1. The molecule has 0 heterocycles. The molecule has 0 atom stereocenters. The predicted octanol–water partition coefficient (Wildman–Crippen LogP) is 5.86. The van der Waals surface area contributed by atoms with Gasteiger partial charge in [0.1, 0.15) is 11.6 Å². The standard InChI is InChI=1S/C19H17F5O.Y/c20-9-10-1-3-11(4-2-10)12-5-14(21)18(15(22)6-12)13-7-16(23)19(25)17(24)8-13;/h5-8,10-11,25H,1-4,9H2;. The molecule has 1 fully saturated rings. The van der Waals surface area contributed by atoms with Crippen molar-refractivity contribution in [1.82, 2.24) is 0 Å². The fourth-order valence-corrected chi connectivity index (χ4v) is 3.46. The van der Waals surface area contributed by atoms with E-state index in [9.17, 15) is 22.0 Å². The van der Waals surface area contributed by atoms with Crippen LogP contribution in [0.3, 0.4) is 0 Å². The van der Waals surface area contributed by atoms with E-state index in [4.69, 9.17) is 5.11 Å². The number of halogens is 5. The van der Waals surface area contributed by atoms with Crippen molar-refractivity contribution >= 4 is 0 Å². The fraction of sp³-hybridized carbons (Fsp3) is 0.368. The van der Waals surface area contributed by atoms with E-state index in [1.165, 1.54) is 12.1 Å². The van der Waals surface area contributed by atoms with Crippen LogP contribution in [0.5, 0.6) is 5.75 Å². The largest absolute Gasteiger partial charge is 0.503 e. The normalized spacial score (nSPS) is 19.9. The van der Waals surface area contributed by atoms with Gasteiger partial charge in [-0.05, 0) is 72.9 Å². The van der Waals surface area contributed by atoms with Gasteiger partial charge in [0.05, 0.1) is 12.2 Å². The predicted molar refractivity (Wildman–Crippen MR) is 84.0 cm³/mol. The van der Waals surface area contributed by atoms with Gasteiger partial charge in [0.15, 0.2) is 17.4 Å². The van der Waals surface area contributed by atoms with Gasteiger partial charge in [-0.1, -0.05) is 0 Å². The van der Waals surface area contributed by atoms with Crippen LogP contribution in [0.2, 0.25) is 0 Å². The van der Waals surface area contributed by atoms with Crippen LogP contribution in [-0.2, 0) is 32.7 Å². The minimum atomic E-state index is -1.29. The van der Waals surface area contributed by atoms with Gasteiger partial charge < -0.3 is 5.11 Å². The summed E-state index contributed by atoms with van der Waals surface area (Å²) >= 11 is 0. The molecule has 1 nitrogen and oxygen atoms in total. The van der Waals surface area contributed by atoms with Gasteiger partial charge in [0.2, 0.25) is 0 Å². The van der Waals surface area contributed by atoms with Crippen molar-refractivity contribution in [2.24, 2.45) is 5.92 Å². The molecule has 7 heteroatoms. The molecule has 2 aromatic rings. The molecule has 3 rings (SSSR count). The van der Waals surface area contributed by atoms with Gasteiger partial charge in [0.25, 0.3) is 0 Å². The van der Waals surface area contributed by atoms with Gasteiger partial charge in [-0.3, -0.25) is 4.39 Å². The zero-order valence-corrected chi connectivity index (χ0v) is 16.8. The number of alkyl halides is 1. The minimum Gasteiger partial charge on any atom is -0.503 e. The summed E-state index contributed by atoms with van der Waals surface area (Å²) in [5, 5.41) is 9.11. The van der Waals surface area contributed by atoms with Crippen LogP contribution in [0.25, 0.3) is 11.1 Å². The van der Waals surface area contributed by atoms with Crippen LogP contribution < -0.4 is 0 Å². The van der Waals surface area contributed by atoms with Crippen molar-refractivity contribution in [2.45, 2.75) is 31.6 Å². The molecule has 1 N–H and O–H groups in total. The molecule has 1 radical (unpaired) electrons. The number of benzene rings is 2. The van der Waals surface area contributed by atoms with Crippen LogP contribution in [-0.4, -0.2) is 11.8 Å². The quantitative estimate of drug-likeness (QED) is 0.588. The Morgan fingerprint density at radius 1 is 0.808 bits per heavy atom. The summed E-state index contributed by atoms with van der Waals surface area (Å²) in [4.78, 5) is 0. The van der Waals surface area contributed by atoms with Crippen LogP contribution in [0.1, 0.15) is 37.2 Å². The second-order valence-corrected chi connectivity index (χ2v) is 6.52. The molecule has 137 valence electrons. The van der Waals surface area contributed by atoms with Crippen LogP contribution in [0, 0.1) is 29.2 Å². The Morgan fingerprint density at radius 2 is 1.31 bits per heavy atom. The molecule has 1 aliphatic rings. The van der Waals surface area contributed by atoms with Gasteiger partial charge in [-0.15, -0.1) is 0 Å². The van der Waals surface area contributed by atoms with E-state index in [-0.39, 0.29) is 56.8 Å². The summed E-state index contributed by atoms with van der Waals surface area (Å²) in [6.07, 6.45) is 2.63. The molecule has 0 saturated heterocycles. The zero-order valence-electron chi connectivity index (χ0n) is 13.9. The van der Waals surface area contributed by atoms with Crippen LogP contribution >= 0.6 is 0 Å². The molecule has 0 aliphatic heterocycles. The van der Waals surface area contributed by atoms with Crippen molar-refractivity contribution in [2.75, 3.05) is 6.67 Å². The van der Waals surface area contributed by atoms with E-state index in [0.717, 1.165) is 0 Å². The number of rotatable bonds is 3. The summed E-state index contributed by atoms with van der Waals surface area (Å²) in [5.74, 6) is -5.67. The molecule has 0 bridgehead atoms. The number of hydrogen-bond donors (Lipinski definition) is 1.